The van der Waals surface area contributed by atoms with E-state index in [0.29, 0.717) is 12.4 Å². The molecular formula is C17H21Cl2N7O. The number of halogens is 2. The summed E-state index contributed by atoms with van der Waals surface area (Å²) in [6.45, 7) is 4.53. The molecule has 3 rings (SSSR count). The van der Waals surface area contributed by atoms with Crippen molar-refractivity contribution in [2.45, 2.75) is 19.8 Å². The summed E-state index contributed by atoms with van der Waals surface area (Å²) < 4.78 is 5.44. The second-order valence-electron chi connectivity index (χ2n) is 6.81. The Morgan fingerprint density at radius 1 is 1.33 bits per heavy atom. The summed E-state index contributed by atoms with van der Waals surface area (Å²) in [7, 11) is 0. The Kier molecular flexibility index (Phi) is 5.69. The maximum absolute atomic E-state index is 8.11. The van der Waals surface area contributed by atoms with Gasteiger partial charge in [-0.05, 0) is 24.8 Å². The van der Waals surface area contributed by atoms with Gasteiger partial charge < -0.3 is 21.1 Å². The van der Waals surface area contributed by atoms with Gasteiger partial charge in [0, 0.05) is 25.4 Å². The first-order chi connectivity index (χ1) is 12.8. The third-order valence-electron chi connectivity index (χ3n) is 4.81. The van der Waals surface area contributed by atoms with Crippen LogP contribution in [0.3, 0.4) is 0 Å². The van der Waals surface area contributed by atoms with E-state index < -0.39 is 0 Å². The Morgan fingerprint density at radius 2 is 2.04 bits per heavy atom. The normalized spacial score (nSPS) is 16.2. The number of piperidine rings is 1. The highest BCUT2D eigenvalue weighted by molar-refractivity contribution is 6.42. The van der Waals surface area contributed by atoms with Crippen LogP contribution in [0.4, 0.5) is 11.6 Å². The fourth-order valence-electron chi connectivity index (χ4n) is 2.84. The molecule has 0 spiro atoms. The molecule has 1 aliphatic rings. The minimum Gasteiger partial charge on any atom is -0.436 e. The molecule has 3 heterocycles. The average molecular weight is 410 g/mol. The number of rotatable bonds is 4. The van der Waals surface area contributed by atoms with Crippen LogP contribution in [0.15, 0.2) is 18.5 Å². The second-order valence-corrected chi connectivity index (χ2v) is 7.54. The van der Waals surface area contributed by atoms with Gasteiger partial charge >= 0.3 is 0 Å². The van der Waals surface area contributed by atoms with Crippen LogP contribution < -0.4 is 21.1 Å². The van der Waals surface area contributed by atoms with Crippen LogP contribution in [0, 0.1) is 10.8 Å². The Morgan fingerprint density at radius 3 is 2.67 bits per heavy atom. The van der Waals surface area contributed by atoms with E-state index in [9.17, 15) is 0 Å². The number of nitrogen functional groups attached to an aromatic ring is 1. The van der Waals surface area contributed by atoms with Gasteiger partial charge in [-0.1, -0.05) is 30.1 Å². The first kappa shape index (κ1) is 19.6. The molecule has 0 aromatic carbocycles. The Balaban J connectivity index is 1.73. The number of anilines is 2. The van der Waals surface area contributed by atoms with Crippen LogP contribution in [-0.4, -0.2) is 40.5 Å². The van der Waals surface area contributed by atoms with Crippen molar-refractivity contribution in [3.63, 3.8) is 0 Å². The number of hydrogen-bond acceptors (Lipinski definition) is 8. The van der Waals surface area contributed by atoms with Crippen molar-refractivity contribution in [2.75, 3.05) is 30.3 Å². The average Bonchev–Trinajstić information content (AvgIpc) is 2.66. The van der Waals surface area contributed by atoms with Gasteiger partial charge in [-0.25, -0.2) is 15.0 Å². The van der Waals surface area contributed by atoms with Crippen LogP contribution in [0.1, 0.15) is 25.5 Å². The molecule has 1 fully saturated rings. The van der Waals surface area contributed by atoms with Crippen molar-refractivity contribution in [3.05, 3.63) is 34.3 Å². The minimum absolute atomic E-state index is 0.0888. The Bertz CT molecular complexity index is 853. The van der Waals surface area contributed by atoms with Crippen molar-refractivity contribution in [1.82, 2.24) is 15.0 Å². The van der Waals surface area contributed by atoms with Crippen molar-refractivity contribution in [2.24, 2.45) is 11.1 Å². The van der Waals surface area contributed by atoms with Crippen LogP contribution >= 0.6 is 23.2 Å². The SMILES string of the molecule is CC1(CN)CCN(c2cnc(C(=N)Oc3ccnc(Cl)c3Cl)c(N)n2)CC1. The maximum Gasteiger partial charge on any atom is 0.241 e. The summed E-state index contributed by atoms with van der Waals surface area (Å²) in [6, 6.07) is 1.50. The molecule has 0 atom stereocenters. The van der Waals surface area contributed by atoms with Gasteiger partial charge in [-0.3, -0.25) is 5.41 Å². The van der Waals surface area contributed by atoms with E-state index in [4.69, 9.17) is 44.8 Å². The highest BCUT2D eigenvalue weighted by Crippen LogP contribution is 2.32. The number of ether oxygens (including phenoxy) is 1. The number of hydrogen-bond donors (Lipinski definition) is 3. The molecule has 1 saturated heterocycles. The lowest BCUT2D eigenvalue weighted by Crippen LogP contribution is -2.42. The van der Waals surface area contributed by atoms with E-state index in [1.807, 2.05) is 0 Å². The molecule has 5 N–H and O–H groups in total. The predicted molar refractivity (Wildman–Crippen MR) is 107 cm³/mol. The van der Waals surface area contributed by atoms with Crippen LogP contribution in [-0.2, 0) is 0 Å². The highest BCUT2D eigenvalue weighted by Gasteiger charge is 2.29. The molecule has 1 aliphatic heterocycles. The standard InChI is InChI=1S/C17H21Cl2N7O/c1-17(9-20)3-6-26(7-4-17)11-8-24-13(15(21)25-11)16(22)27-10-2-5-23-14(19)12(10)18/h2,5,8,22H,3-4,6-7,9,20H2,1H3,(H2,21,25). The van der Waals surface area contributed by atoms with Gasteiger partial charge in [-0.2, -0.15) is 0 Å². The lowest BCUT2D eigenvalue weighted by Gasteiger charge is -2.39. The first-order valence-corrected chi connectivity index (χ1v) is 9.23. The lowest BCUT2D eigenvalue weighted by atomic mass is 9.80. The van der Waals surface area contributed by atoms with Crippen molar-refractivity contribution in [1.29, 1.82) is 5.41 Å². The van der Waals surface area contributed by atoms with E-state index >= 15 is 0 Å². The topological polar surface area (TPSA) is 127 Å². The summed E-state index contributed by atoms with van der Waals surface area (Å²) in [5.74, 6) is 0.711. The zero-order valence-electron chi connectivity index (χ0n) is 14.9. The van der Waals surface area contributed by atoms with E-state index in [2.05, 4.69) is 26.8 Å². The van der Waals surface area contributed by atoms with Gasteiger partial charge in [0.1, 0.15) is 10.8 Å². The van der Waals surface area contributed by atoms with Gasteiger partial charge in [0.2, 0.25) is 5.90 Å². The smallest absolute Gasteiger partial charge is 0.241 e. The Labute approximate surface area is 167 Å². The highest BCUT2D eigenvalue weighted by atomic mass is 35.5. The summed E-state index contributed by atoms with van der Waals surface area (Å²) >= 11 is 11.9. The molecule has 0 unspecified atom stereocenters. The van der Waals surface area contributed by atoms with E-state index in [0.717, 1.165) is 25.9 Å². The maximum atomic E-state index is 8.11. The van der Waals surface area contributed by atoms with Crippen molar-refractivity contribution >= 4 is 40.7 Å². The molecule has 2 aromatic rings. The predicted octanol–water partition coefficient (Wildman–Crippen LogP) is 2.73. The molecule has 0 amide bonds. The van der Waals surface area contributed by atoms with Gasteiger partial charge in [0.25, 0.3) is 0 Å². The molecule has 8 nitrogen and oxygen atoms in total. The van der Waals surface area contributed by atoms with Crippen LogP contribution in [0.25, 0.3) is 0 Å². The summed E-state index contributed by atoms with van der Waals surface area (Å²) in [4.78, 5) is 14.6. The molecule has 0 aliphatic carbocycles. The van der Waals surface area contributed by atoms with Crippen LogP contribution in [0.2, 0.25) is 10.2 Å². The fourth-order valence-corrected chi connectivity index (χ4v) is 3.14. The number of nitrogens with two attached hydrogens (primary N) is 2. The zero-order chi connectivity index (χ0) is 19.6. The molecule has 27 heavy (non-hydrogen) atoms. The molecule has 0 saturated carbocycles. The van der Waals surface area contributed by atoms with Gasteiger partial charge in [-0.15, -0.1) is 0 Å². The van der Waals surface area contributed by atoms with Crippen molar-refractivity contribution in [3.8, 4) is 5.75 Å². The molecule has 2 aromatic heterocycles. The number of nitrogens with zero attached hydrogens (tertiary/aromatic N) is 4. The Hall–Kier alpha value is -2.16. The fraction of sp³-hybridized carbons (Fsp3) is 0.412. The molecular weight excluding hydrogens is 389 g/mol. The molecule has 144 valence electrons. The number of aromatic nitrogens is 3. The molecule has 10 heteroatoms. The van der Waals surface area contributed by atoms with E-state index in [1.165, 1.54) is 12.3 Å². The quantitative estimate of drug-likeness (QED) is 0.402. The van der Waals surface area contributed by atoms with Crippen LogP contribution in [0.5, 0.6) is 5.75 Å². The largest absolute Gasteiger partial charge is 0.436 e. The first-order valence-electron chi connectivity index (χ1n) is 8.47. The number of nitrogens with one attached hydrogen (secondary N) is 1. The van der Waals surface area contributed by atoms with Gasteiger partial charge in [0.15, 0.2) is 22.4 Å². The van der Waals surface area contributed by atoms with E-state index in [1.54, 1.807) is 6.20 Å². The summed E-state index contributed by atoms with van der Waals surface area (Å²) in [5.41, 5.74) is 12.2. The number of pyridine rings is 1. The summed E-state index contributed by atoms with van der Waals surface area (Å²) in [5, 5.41) is 8.32. The third-order valence-corrected chi connectivity index (χ3v) is 5.56. The second kappa shape index (κ2) is 7.84. The van der Waals surface area contributed by atoms with Gasteiger partial charge in [0.05, 0.1) is 6.20 Å². The van der Waals surface area contributed by atoms with Crippen molar-refractivity contribution < 1.29 is 4.74 Å². The minimum atomic E-state index is -0.273. The lowest BCUT2D eigenvalue weighted by molar-refractivity contribution is 0.258. The summed E-state index contributed by atoms with van der Waals surface area (Å²) in [6.07, 6.45) is 4.98. The molecule has 0 bridgehead atoms. The molecule has 0 radical (unpaired) electrons. The third kappa shape index (κ3) is 4.23. The monoisotopic (exact) mass is 409 g/mol. The zero-order valence-corrected chi connectivity index (χ0v) is 16.4. The van der Waals surface area contributed by atoms with E-state index in [-0.39, 0.29) is 38.7 Å².